The molecular formula is C23H21BrCl2N2O2. The molecule has 0 aromatic heterocycles. The number of rotatable bonds is 7. The maximum absolute atomic E-state index is 12.3. The molecule has 0 aliphatic rings. The van der Waals surface area contributed by atoms with Crippen molar-refractivity contribution < 1.29 is 9.53 Å². The Kier molecular flexibility index (Phi) is 7.64. The third kappa shape index (κ3) is 5.91. The number of anilines is 2. The Morgan fingerprint density at radius 3 is 2.57 bits per heavy atom. The van der Waals surface area contributed by atoms with Crippen molar-refractivity contribution in [3.8, 4) is 5.75 Å². The van der Waals surface area contributed by atoms with Crippen molar-refractivity contribution in [2.24, 2.45) is 0 Å². The van der Waals surface area contributed by atoms with Crippen molar-refractivity contribution in [1.82, 2.24) is 0 Å². The van der Waals surface area contributed by atoms with E-state index in [4.69, 9.17) is 27.9 Å². The number of amides is 1. The van der Waals surface area contributed by atoms with E-state index in [1.807, 2.05) is 56.3 Å². The molecule has 2 N–H and O–H groups in total. The van der Waals surface area contributed by atoms with Crippen molar-refractivity contribution in [1.29, 1.82) is 0 Å². The van der Waals surface area contributed by atoms with Gasteiger partial charge in [-0.25, -0.2) is 0 Å². The van der Waals surface area contributed by atoms with Crippen LogP contribution in [-0.2, 0) is 11.3 Å². The number of carbonyl (C=O) groups is 1. The van der Waals surface area contributed by atoms with Gasteiger partial charge in [0.15, 0.2) is 6.61 Å². The fraction of sp³-hybridized carbons (Fsp3) is 0.174. The number of aryl methyl sites for hydroxylation is 1. The molecule has 3 rings (SSSR count). The van der Waals surface area contributed by atoms with Crippen LogP contribution in [-0.4, -0.2) is 12.5 Å². The Morgan fingerprint density at radius 1 is 1.03 bits per heavy atom. The second-order valence-electron chi connectivity index (χ2n) is 6.83. The minimum Gasteiger partial charge on any atom is -0.483 e. The molecular weight excluding hydrogens is 487 g/mol. The number of benzene rings is 3. The standard InChI is InChI=1S/C23H21BrCl2N2O2/c1-14-4-3-5-21(15(14)2)28-23(29)13-30-22-9-6-16(10-18(22)24)12-27-17-7-8-19(25)20(26)11-17/h3-11,27H,12-13H2,1-2H3,(H,28,29). The lowest BCUT2D eigenvalue weighted by molar-refractivity contribution is -0.118. The molecule has 3 aromatic carbocycles. The van der Waals surface area contributed by atoms with Crippen molar-refractivity contribution in [2.45, 2.75) is 20.4 Å². The molecule has 7 heteroatoms. The van der Waals surface area contributed by atoms with Crippen molar-refractivity contribution in [2.75, 3.05) is 17.2 Å². The van der Waals surface area contributed by atoms with Gasteiger partial charge in [0.2, 0.25) is 0 Å². The zero-order valence-electron chi connectivity index (χ0n) is 16.6. The summed E-state index contributed by atoms with van der Waals surface area (Å²) in [6, 6.07) is 16.9. The Morgan fingerprint density at radius 2 is 1.83 bits per heavy atom. The molecule has 0 aliphatic carbocycles. The monoisotopic (exact) mass is 506 g/mol. The number of hydrogen-bond donors (Lipinski definition) is 2. The van der Waals surface area contributed by atoms with Gasteiger partial charge in [-0.1, -0.05) is 41.4 Å². The highest BCUT2D eigenvalue weighted by molar-refractivity contribution is 9.10. The highest BCUT2D eigenvalue weighted by Gasteiger charge is 2.09. The maximum atomic E-state index is 12.3. The number of nitrogens with one attached hydrogen (secondary N) is 2. The predicted molar refractivity (Wildman–Crippen MR) is 128 cm³/mol. The van der Waals surface area contributed by atoms with E-state index in [1.54, 1.807) is 12.1 Å². The molecule has 4 nitrogen and oxygen atoms in total. The van der Waals surface area contributed by atoms with E-state index in [1.165, 1.54) is 0 Å². The summed E-state index contributed by atoms with van der Waals surface area (Å²) >= 11 is 15.5. The number of carbonyl (C=O) groups excluding carboxylic acids is 1. The fourth-order valence-electron chi connectivity index (χ4n) is 2.80. The topological polar surface area (TPSA) is 50.4 Å². The zero-order chi connectivity index (χ0) is 21.7. The van der Waals surface area contributed by atoms with Crippen LogP contribution >= 0.6 is 39.1 Å². The molecule has 1 amide bonds. The Bertz CT molecular complexity index is 1070. The van der Waals surface area contributed by atoms with Crippen LogP contribution in [0.2, 0.25) is 10.0 Å². The number of halogens is 3. The highest BCUT2D eigenvalue weighted by atomic mass is 79.9. The van der Waals surface area contributed by atoms with Gasteiger partial charge in [0.1, 0.15) is 5.75 Å². The van der Waals surface area contributed by atoms with E-state index in [0.717, 1.165) is 32.5 Å². The lowest BCUT2D eigenvalue weighted by atomic mass is 10.1. The second-order valence-corrected chi connectivity index (χ2v) is 8.50. The SMILES string of the molecule is Cc1cccc(NC(=O)COc2ccc(CNc3ccc(Cl)c(Cl)c3)cc2Br)c1C. The predicted octanol–water partition coefficient (Wildman–Crippen LogP) is 7.00. The summed E-state index contributed by atoms with van der Waals surface area (Å²) in [5.41, 5.74) is 4.89. The van der Waals surface area contributed by atoms with Crippen LogP contribution in [0, 0.1) is 13.8 Å². The van der Waals surface area contributed by atoms with Gasteiger partial charge in [0.05, 0.1) is 14.5 Å². The van der Waals surface area contributed by atoms with Crippen LogP contribution in [0.5, 0.6) is 5.75 Å². The van der Waals surface area contributed by atoms with Crippen LogP contribution < -0.4 is 15.4 Å². The first-order chi connectivity index (χ1) is 14.3. The normalized spacial score (nSPS) is 10.6. The van der Waals surface area contributed by atoms with E-state index in [-0.39, 0.29) is 12.5 Å². The maximum Gasteiger partial charge on any atom is 0.262 e. The van der Waals surface area contributed by atoms with Crippen LogP contribution in [0.15, 0.2) is 59.1 Å². The summed E-state index contributed by atoms with van der Waals surface area (Å²) in [5.74, 6) is 0.394. The molecule has 0 saturated heterocycles. The highest BCUT2D eigenvalue weighted by Crippen LogP contribution is 2.28. The largest absolute Gasteiger partial charge is 0.483 e. The van der Waals surface area contributed by atoms with Gasteiger partial charge in [-0.15, -0.1) is 0 Å². The quantitative estimate of drug-likeness (QED) is 0.362. The average Bonchev–Trinajstić information content (AvgIpc) is 2.71. The smallest absolute Gasteiger partial charge is 0.262 e. The van der Waals surface area contributed by atoms with Gasteiger partial charge in [-0.3, -0.25) is 4.79 Å². The summed E-state index contributed by atoms with van der Waals surface area (Å²) < 4.78 is 6.45. The first-order valence-electron chi connectivity index (χ1n) is 9.29. The molecule has 0 radical (unpaired) electrons. The summed E-state index contributed by atoms with van der Waals surface area (Å²) in [6.45, 7) is 4.51. The molecule has 0 bridgehead atoms. The second kappa shape index (κ2) is 10.2. The van der Waals surface area contributed by atoms with Crippen LogP contribution in [0.25, 0.3) is 0 Å². The molecule has 0 heterocycles. The van der Waals surface area contributed by atoms with Crippen molar-refractivity contribution in [3.05, 3.63) is 85.8 Å². The molecule has 3 aromatic rings. The van der Waals surface area contributed by atoms with Crippen LogP contribution in [0.1, 0.15) is 16.7 Å². The van der Waals surface area contributed by atoms with Gasteiger partial charge in [0.25, 0.3) is 5.91 Å². The zero-order valence-corrected chi connectivity index (χ0v) is 19.7. The van der Waals surface area contributed by atoms with Crippen molar-refractivity contribution in [3.63, 3.8) is 0 Å². The molecule has 30 heavy (non-hydrogen) atoms. The van der Waals surface area contributed by atoms with E-state index < -0.39 is 0 Å². The molecule has 0 unspecified atom stereocenters. The first-order valence-corrected chi connectivity index (χ1v) is 10.8. The molecule has 156 valence electrons. The van der Waals surface area contributed by atoms with E-state index >= 15 is 0 Å². The molecule has 0 atom stereocenters. The third-order valence-corrected chi connectivity index (χ3v) is 6.01. The third-order valence-electron chi connectivity index (χ3n) is 4.65. The Labute approximate surface area is 194 Å². The minimum absolute atomic E-state index is 0.0765. The fourth-order valence-corrected chi connectivity index (χ4v) is 3.64. The lowest BCUT2D eigenvalue weighted by Gasteiger charge is -2.13. The van der Waals surface area contributed by atoms with Gasteiger partial charge < -0.3 is 15.4 Å². The number of hydrogen-bond acceptors (Lipinski definition) is 3. The Hall–Kier alpha value is -2.21. The van der Waals surface area contributed by atoms with Gasteiger partial charge in [0, 0.05) is 17.9 Å². The summed E-state index contributed by atoms with van der Waals surface area (Å²) in [4.78, 5) is 12.3. The summed E-state index contributed by atoms with van der Waals surface area (Å²) in [7, 11) is 0. The minimum atomic E-state index is -0.207. The average molecular weight is 508 g/mol. The lowest BCUT2D eigenvalue weighted by Crippen LogP contribution is -2.21. The summed E-state index contributed by atoms with van der Waals surface area (Å²) in [6.07, 6.45) is 0. The van der Waals surface area contributed by atoms with E-state index in [9.17, 15) is 4.79 Å². The van der Waals surface area contributed by atoms with Gasteiger partial charge >= 0.3 is 0 Å². The van der Waals surface area contributed by atoms with Crippen molar-refractivity contribution >= 4 is 56.4 Å². The van der Waals surface area contributed by atoms with Gasteiger partial charge in [-0.2, -0.15) is 0 Å². The molecule has 0 spiro atoms. The van der Waals surface area contributed by atoms with E-state index in [0.29, 0.717) is 22.3 Å². The molecule has 0 aliphatic heterocycles. The molecule has 0 saturated carbocycles. The number of ether oxygens (including phenoxy) is 1. The molecule has 0 fully saturated rings. The van der Waals surface area contributed by atoms with Crippen LogP contribution in [0.3, 0.4) is 0 Å². The Balaban J connectivity index is 1.55. The first kappa shape index (κ1) is 22.5. The summed E-state index contributed by atoms with van der Waals surface area (Å²) in [5, 5.41) is 7.21. The van der Waals surface area contributed by atoms with Gasteiger partial charge in [-0.05, 0) is 82.9 Å². The van der Waals surface area contributed by atoms with Crippen LogP contribution in [0.4, 0.5) is 11.4 Å². The van der Waals surface area contributed by atoms with E-state index in [2.05, 4.69) is 26.6 Å².